The third-order valence-corrected chi connectivity index (χ3v) is 5.14. The van der Waals surface area contributed by atoms with Crippen molar-refractivity contribution < 1.29 is 17.9 Å². The summed E-state index contributed by atoms with van der Waals surface area (Å²) in [4.78, 5) is 20.4. The second-order valence-corrected chi connectivity index (χ2v) is 7.49. The van der Waals surface area contributed by atoms with Gasteiger partial charge in [0.2, 0.25) is 0 Å². The molecule has 4 aromatic rings. The number of fused-ring (bicyclic) bond motifs is 2. The molecule has 0 aliphatic carbocycles. The molecule has 1 aliphatic heterocycles. The quantitative estimate of drug-likeness (QED) is 0.490. The molecule has 0 unspecified atom stereocenters. The minimum Gasteiger partial charge on any atom is -0.406 e. The molecule has 2 N–H and O–H groups in total. The van der Waals surface area contributed by atoms with E-state index in [1.165, 1.54) is 24.3 Å². The van der Waals surface area contributed by atoms with Crippen LogP contribution in [0.3, 0.4) is 0 Å². The summed E-state index contributed by atoms with van der Waals surface area (Å²) in [5.74, 6) is 1.52. The molecule has 172 valence electrons. The minimum atomic E-state index is -4.60. The number of nitrogens with zero attached hydrogens (tertiary/aromatic N) is 3. The van der Waals surface area contributed by atoms with Gasteiger partial charge in [0.1, 0.15) is 11.6 Å². The van der Waals surface area contributed by atoms with Gasteiger partial charge in [-0.05, 0) is 31.2 Å². The first-order chi connectivity index (χ1) is 15.8. The molecule has 1 aliphatic rings. The zero-order valence-electron chi connectivity index (χ0n) is 17.8. The van der Waals surface area contributed by atoms with E-state index in [0.29, 0.717) is 6.42 Å². The number of hydrogen-bond acceptors (Lipinski definition) is 5. The fourth-order valence-corrected chi connectivity index (χ4v) is 3.54. The molecule has 10 heteroatoms. The van der Waals surface area contributed by atoms with Crippen LogP contribution in [0.1, 0.15) is 22.9 Å². The number of benzene rings is 2. The molecule has 2 aromatic heterocycles. The van der Waals surface area contributed by atoms with Crippen LogP contribution in [0, 0.1) is 6.92 Å². The SMILES string of the molecule is Cc1c(Cc2nc3n(n2)CCNC3)[nH]c2ccccc2c1=O.FC(F)(F)Oc1ccccc1. The number of halogens is 3. The monoisotopic (exact) mass is 457 g/mol. The van der Waals surface area contributed by atoms with Crippen molar-refractivity contribution in [3.63, 3.8) is 0 Å². The Hall–Kier alpha value is -3.66. The molecular formula is C23H22F3N5O2. The van der Waals surface area contributed by atoms with Crippen LogP contribution in [0.5, 0.6) is 5.75 Å². The summed E-state index contributed by atoms with van der Waals surface area (Å²) in [7, 11) is 0. The van der Waals surface area contributed by atoms with Gasteiger partial charge in [0.15, 0.2) is 11.3 Å². The zero-order chi connectivity index (χ0) is 23.4. The number of aromatic amines is 1. The van der Waals surface area contributed by atoms with Crippen LogP contribution < -0.4 is 15.5 Å². The van der Waals surface area contributed by atoms with E-state index in [1.807, 2.05) is 35.9 Å². The summed E-state index contributed by atoms with van der Waals surface area (Å²) < 4.78 is 40.1. The molecule has 3 heterocycles. The van der Waals surface area contributed by atoms with Gasteiger partial charge < -0.3 is 15.0 Å². The number of aromatic nitrogens is 4. The molecule has 0 saturated heterocycles. The number of hydrogen-bond donors (Lipinski definition) is 2. The van der Waals surface area contributed by atoms with Crippen molar-refractivity contribution in [1.82, 2.24) is 25.1 Å². The topological polar surface area (TPSA) is 84.8 Å². The van der Waals surface area contributed by atoms with Gasteiger partial charge in [-0.2, -0.15) is 5.10 Å². The summed E-state index contributed by atoms with van der Waals surface area (Å²) in [6.07, 6.45) is -4.05. The molecule has 0 fully saturated rings. The van der Waals surface area contributed by atoms with E-state index in [9.17, 15) is 18.0 Å². The highest BCUT2D eigenvalue weighted by atomic mass is 19.4. The van der Waals surface area contributed by atoms with Crippen LogP contribution in [-0.4, -0.2) is 32.7 Å². The molecule has 0 saturated carbocycles. The van der Waals surface area contributed by atoms with E-state index in [-0.39, 0.29) is 11.2 Å². The average molecular weight is 457 g/mol. The molecule has 5 rings (SSSR count). The Labute approximate surface area is 187 Å². The van der Waals surface area contributed by atoms with E-state index in [2.05, 4.69) is 25.1 Å². The number of ether oxygens (including phenoxy) is 1. The predicted octanol–water partition coefficient (Wildman–Crippen LogP) is 3.71. The molecule has 0 atom stereocenters. The van der Waals surface area contributed by atoms with Gasteiger partial charge in [0, 0.05) is 28.7 Å². The van der Waals surface area contributed by atoms with Crippen molar-refractivity contribution in [3.8, 4) is 5.75 Å². The van der Waals surface area contributed by atoms with Crippen LogP contribution in [0.2, 0.25) is 0 Å². The summed E-state index contributed by atoms with van der Waals surface area (Å²) in [6.45, 7) is 4.37. The zero-order valence-corrected chi connectivity index (χ0v) is 17.8. The lowest BCUT2D eigenvalue weighted by Crippen LogP contribution is -2.28. The maximum Gasteiger partial charge on any atom is 0.573 e. The Morgan fingerprint density at radius 3 is 2.55 bits per heavy atom. The molecule has 33 heavy (non-hydrogen) atoms. The van der Waals surface area contributed by atoms with Crippen LogP contribution in [-0.2, 0) is 19.5 Å². The Bertz CT molecular complexity index is 1280. The van der Waals surface area contributed by atoms with Crippen molar-refractivity contribution in [1.29, 1.82) is 0 Å². The first-order valence-electron chi connectivity index (χ1n) is 10.3. The van der Waals surface area contributed by atoms with Gasteiger partial charge in [-0.25, -0.2) is 9.67 Å². The number of rotatable bonds is 3. The third-order valence-electron chi connectivity index (χ3n) is 5.14. The minimum absolute atomic E-state index is 0.0787. The maximum atomic E-state index is 12.5. The van der Waals surface area contributed by atoms with Crippen molar-refractivity contribution in [2.45, 2.75) is 32.8 Å². The van der Waals surface area contributed by atoms with Gasteiger partial charge in [-0.15, -0.1) is 13.2 Å². The molecule has 7 nitrogen and oxygen atoms in total. The molecule has 0 spiro atoms. The Balaban J connectivity index is 0.000000200. The van der Waals surface area contributed by atoms with E-state index in [1.54, 1.807) is 6.07 Å². The van der Waals surface area contributed by atoms with Crippen LogP contribution in [0.25, 0.3) is 10.9 Å². The van der Waals surface area contributed by atoms with E-state index < -0.39 is 6.36 Å². The highest BCUT2D eigenvalue weighted by Crippen LogP contribution is 2.21. The summed E-state index contributed by atoms with van der Waals surface area (Å²) in [5, 5.41) is 8.55. The summed E-state index contributed by atoms with van der Waals surface area (Å²) in [6, 6.07) is 14.6. The molecule has 2 aromatic carbocycles. The van der Waals surface area contributed by atoms with Gasteiger partial charge in [-0.3, -0.25) is 4.79 Å². The number of pyridine rings is 1. The largest absolute Gasteiger partial charge is 0.573 e. The first kappa shape index (κ1) is 22.5. The molecule has 0 amide bonds. The van der Waals surface area contributed by atoms with Crippen molar-refractivity contribution in [3.05, 3.63) is 87.7 Å². The molecular weight excluding hydrogens is 435 g/mol. The summed E-state index contributed by atoms with van der Waals surface area (Å²) in [5.41, 5.74) is 2.57. The van der Waals surface area contributed by atoms with Crippen molar-refractivity contribution >= 4 is 10.9 Å². The Morgan fingerprint density at radius 1 is 1.09 bits per heavy atom. The maximum absolute atomic E-state index is 12.5. The van der Waals surface area contributed by atoms with Crippen molar-refractivity contribution in [2.24, 2.45) is 0 Å². The normalized spacial score (nSPS) is 13.2. The number of alkyl halides is 3. The fraction of sp³-hybridized carbons (Fsp3) is 0.261. The van der Waals surface area contributed by atoms with E-state index in [4.69, 9.17) is 0 Å². The predicted molar refractivity (Wildman–Crippen MR) is 117 cm³/mol. The van der Waals surface area contributed by atoms with E-state index >= 15 is 0 Å². The number of nitrogens with one attached hydrogen (secondary N) is 2. The average Bonchev–Trinajstić information content (AvgIpc) is 3.20. The Morgan fingerprint density at radius 2 is 1.82 bits per heavy atom. The smallest absolute Gasteiger partial charge is 0.406 e. The van der Waals surface area contributed by atoms with E-state index in [0.717, 1.165) is 53.4 Å². The number of H-pyrrole nitrogens is 1. The second-order valence-electron chi connectivity index (χ2n) is 7.49. The van der Waals surface area contributed by atoms with Crippen LogP contribution in [0.15, 0.2) is 59.4 Å². The standard InChI is InChI=1S/C16H17N5O.C7H5F3O/c1-10-13(18-12-5-3-2-4-11(12)16(10)22)8-14-19-15-9-17-6-7-21(15)20-14;8-7(9,10)11-6-4-2-1-3-5-6/h2-5,17H,6-9H2,1H3,(H,18,22);1-5H. The molecule has 0 radical (unpaired) electrons. The lowest BCUT2D eigenvalue weighted by Gasteiger charge is -2.11. The van der Waals surface area contributed by atoms with Gasteiger partial charge in [-0.1, -0.05) is 30.3 Å². The van der Waals surface area contributed by atoms with Gasteiger partial charge >= 0.3 is 6.36 Å². The second kappa shape index (κ2) is 9.45. The third kappa shape index (κ3) is 5.58. The Kier molecular flexibility index (Phi) is 6.45. The first-order valence-corrected chi connectivity index (χ1v) is 10.3. The van der Waals surface area contributed by atoms with Crippen LogP contribution in [0.4, 0.5) is 13.2 Å². The summed E-state index contributed by atoms with van der Waals surface area (Å²) >= 11 is 0. The number of para-hydroxylation sites is 2. The highest BCUT2D eigenvalue weighted by molar-refractivity contribution is 5.79. The van der Waals surface area contributed by atoms with Gasteiger partial charge in [0.05, 0.1) is 19.5 Å². The van der Waals surface area contributed by atoms with Crippen molar-refractivity contribution in [2.75, 3.05) is 6.54 Å². The fourth-order valence-electron chi connectivity index (χ4n) is 3.54. The highest BCUT2D eigenvalue weighted by Gasteiger charge is 2.30. The lowest BCUT2D eigenvalue weighted by molar-refractivity contribution is -0.274. The van der Waals surface area contributed by atoms with Crippen LogP contribution >= 0.6 is 0 Å². The van der Waals surface area contributed by atoms with Gasteiger partial charge in [0.25, 0.3) is 0 Å². The lowest BCUT2D eigenvalue weighted by atomic mass is 10.1. The molecule has 0 bridgehead atoms.